The van der Waals surface area contributed by atoms with Crippen molar-refractivity contribution in [1.29, 1.82) is 0 Å². The van der Waals surface area contributed by atoms with Crippen molar-refractivity contribution in [1.82, 2.24) is 0 Å². The molecule has 0 fully saturated rings. The van der Waals surface area contributed by atoms with Gasteiger partial charge in [-0.25, -0.2) is 4.79 Å². The van der Waals surface area contributed by atoms with Crippen LogP contribution in [0.15, 0.2) is 24.3 Å². The number of ether oxygens (including phenoxy) is 1. The fraction of sp³-hybridized carbons (Fsp3) is 0.200. The van der Waals surface area contributed by atoms with E-state index in [0.717, 1.165) is 0 Å². The zero-order valence-electron chi connectivity index (χ0n) is 8.14. The molecule has 0 unspecified atom stereocenters. The third-order valence-electron chi connectivity index (χ3n) is 1.80. The highest BCUT2D eigenvalue weighted by atomic mass is 16.5. The number of carboxylic acid groups (broad SMARTS) is 1. The van der Waals surface area contributed by atoms with Crippen LogP contribution in [0.4, 0.5) is 0 Å². The Hall–Kier alpha value is -2.04. The fourth-order valence-corrected chi connectivity index (χ4v) is 1.01. The summed E-state index contributed by atoms with van der Waals surface area (Å²) in [5, 5.41) is 8.63. The summed E-state index contributed by atoms with van der Waals surface area (Å²) in [6.45, 7) is 1.38. The number of hydrogen-bond donors (Lipinski definition) is 2. The molecule has 0 bridgehead atoms. The minimum atomic E-state index is -1.10. The molecule has 0 spiro atoms. The molecular formula is C10H11NO4. The second-order valence-corrected chi connectivity index (χ2v) is 2.96. The Kier molecular flexibility index (Phi) is 3.28. The number of carboxylic acids is 1. The highest BCUT2D eigenvalue weighted by molar-refractivity contribution is 5.95. The van der Waals surface area contributed by atoms with Crippen LogP contribution in [-0.4, -0.2) is 23.1 Å². The lowest BCUT2D eigenvalue weighted by molar-refractivity contribution is -0.144. The molecule has 0 radical (unpaired) electrons. The first-order valence-electron chi connectivity index (χ1n) is 4.30. The number of amides is 1. The Balaban J connectivity index is 2.94. The molecule has 5 nitrogen and oxygen atoms in total. The van der Waals surface area contributed by atoms with Crippen LogP contribution in [-0.2, 0) is 4.79 Å². The van der Waals surface area contributed by atoms with Crippen molar-refractivity contribution in [2.24, 2.45) is 5.73 Å². The Morgan fingerprint density at radius 2 is 2.00 bits per heavy atom. The summed E-state index contributed by atoms with van der Waals surface area (Å²) in [5.74, 6) is -1.57. The molecule has 15 heavy (non-hydrogen) atoms. The van der Waals surface area contributed by atoms with E-state index in [4.69, 9.17) is 15.6 Å². The summed E-state index contributed by atoms with van der Waals surface area (Å²) >= 11 is 0. The molecule has 80 valence electrons. The zero-order chi connectivity index (χ0) is 11.4. The van der Waals surface area contributed by atoms with E-state index in [1.165, 1.54) is 19.1 Å². The SMILES string of the molecule is C[C@H](Oc1ccccc1C(N)=O)C(=O)O. The number of aliphatic carboxylic acids is 1. The summed E-state index contributed by atoms with van der Waals surface area (Å²) in [6, 6.07) is 6.24. The first-order valence-corrected chi connectivity index (χ1v) is 4.30. The van der Waals surface area contributed by atoms with Crippen LogP contribution in [0.3, 0.4) is 0 Å². The summed E-state index contributed by atoms with van der Waals surface area (Å²) < 4.78 is 5.07. The number of primary amides is 1. The van der Waals surface area contributed by atoms with Crippen molar-refractivity contribution in [2.45, 2.75) is 13.0 Å². The van der Waals surface area contributed by atoms with E-state index in [1.807, 2.05) is 0 Å². The number of carbonyl (C=O) groups excluding carboxylic acids is 1. The Morgan fingerprint density at radius 1 is 1.40 bits per heavy atom. The second kappa shape index (κ2) is 4.45. The zero-order valence-corrected chi connectivity index (χ0v) is 8.14. The molecule has 1 atom stereocenters. The van der Waals surface area contributed by atoms with Gasteiger partial charge in [-0.2, -0.15) is 0 Å². The predicted octanol–water partition coefficient (Wildman–Crippen LogP) is 0.637. The fourth-order valence-electron chi connectivity index (χ4n) is 1.01. The van der Waals surface area contributed by atoms with Crippen molar-refractivity contribution in [2.75, 3.05) is 0 Å². The number of carbonyl (C=O) groups is 2. The topological polar surface area (TPSA) is 89.6 Å². The van der Waals surface area contributed by atoms with Gasteiger partial charge in [0.25, 0.3) is 5.91 Å². The highest BCUT2D eigenvalue weighted by Gasteiger charge is 2.16. The number of hydrogen-bond acceptors (Lipinski definition) is 3. The molecule has 0 saturated heterocycles. The van der Waals surface area contributed by atoms with Crippen LogP contribution < -0.4 is 10.5 Å². The molecule has 0 heterocycles. The van der Waals surface area contributed by atoms with Gasteiger partial charge in [-0.15, -0.1) is 0 Å². The maximum atomic E-state index is 11.0. The van der Waals surface area contributed by atoms with Gasteiger partial charge in [-0.3, -0.25) is 4.79 Å². The third kappa shape index (κ3) is 2.70. The van der Waals surface area contributed by atoms with Crippen molar-refractivity contribution >= 4 is 11.9 Å². The van der Waals surface area contributed by atoms with E-state index >= 15 is 0 Å². The van der Waals surface area contributed by atoms with Gasteiger partial charge in [0, 0.05) is 0 Å². The summed E-state index contributed by atoms with van der Waals surface area (Å²) in [5.41, 5.74) is 5.27. The van der Waals surface area contributed by atoms with Gasteiger partial charge in [-0.1, -0.05) is 12.1 Å². The molecule has 1 rings (SSSR count). The molecule has 0 aliphatic heterocycles. The lowest BCUT2D eigenvalue weighted by atomic mass is 10.2. The molecule has 5 heteroatoms. The van der Waals surface area contributed by atoms with E-state index in [0.29, 0.717) is 0 Å². The minimum Gasteiger partial charge on any atom is -0.479 e. The monoisotopic (exact) mass is 209 g/mol. The number of para-hydroxylation sites is 1. The van der Waals surface area contributed by atoms with Gasteiger partial charge in [0.1, 0.15) is 5.75 Å². The quantitative estimate of drug-likeness (QED) is 0.761. The molecule has 3 N–H and O–H groups in total. The second-order valence-electron chi connectivity index (χ2n) is 2.96. The normalized spacial score (nSPS) is 11.8. The molecular weight excluding hydrogens is 198 g/mol. The van der Waals surface area contributed by atoms with E-state index in [9.17, 15) is 9.59 Å². The van der Waals surface area contributed by atoms with Gasteiger partial charge in [0.05, 0.1) is 5.56 Å². The number of nitrogens with two attached hydrogens (primary N) is 1. The third-order valence-corrected chi connectivity index (χ3v) is 1.80. The van der Waals surface area contributed by atoms with Crippen molar-refractivity contribution in [3.63, 3.8) is 0 Å². The number of benzene rings is 1. The van der Waals surface area contributed by atoms with Crippen molar-refractivity contribution in [3.05, 3.63) is 29.8 Å². The van der Waals surface area contributed by atoms with Crippen LogP contribution in [0.5, 0.6) is 5.75 Å². The van der Waals surface area contributed by atoms with Crippen molar-refractivity contribution in [3.8, 4) is 5.75 Å². The lowest BCUT2D eigenvalue weighted by Gasteiger charge is -2.12. The Bertz CT molecular complexity index is 389. The van der Waals surface area contributed by atoms with E-state index in [-0.39, 0.29) is 11.3 Å². The van der Waals surface area contributed by atoms with Crippen LogP contribution >= 0.6 is 0 Å². The van der Waals surface area contributed by atoms with Gasteiger partial charge in [0.15, 0.2) is 6.10 Å². The molecule has 0 aliphatic carbocycles. The summed E-state index contributed by atoms with van der Waals surface area (Å²) in [6.07, 6.45) is -1.02. The van der Waals surface area contributed by atoms with Gasteiger partial charge >= 0.3 is 5.97 Å². The summed E-state index contributed by atoms with van der Waals surface area (Å²) in [7, 11) is 0. The van der Waals surface area contributed by atoms with Crippen LogP contribution in [0, 0.1) is 0 Å². The van der Waals surface area contributed by atoms with E-state index < -0.39 is 18.0 Å². The minimum absolute atomic E-state index is 0.172. The highest BCUT2D eigenvalue weighted by Crippen LogP contribution is 2.18. The molecule has 0 aromatic heterocycles. The molecule has 1 amide bonds. The van der Waals surface area contributed by atoms with Crippen LogP contribution in [0.25, 0.3) is 0 Å². The molecule has 1 aromatic rings. The molecule has 0 saturated carbocycles. The average molecular weight is 209 g/mol. The van der Waals surface area contributed by atoms with E-state index in [1.54, 1.807) is 12.1 Å². The van der Waals surface area contributed by atoms with E-state index in [2.05, 4.69) is 0 Å². The standard InChI is InChI=1S/C10H11NO4/c1-6(10(13)14)15-8-5-3-2-4-7(8)9(11)12/h2-6H,1H3,(H2,11,12)(H,13,14)/t6-/m0/s1. The van der Waals surface area contributed by atoms with Crippen LogP contribution in [0.2, 0.25) is 0 Å². The Morgan fingerprint density at radius 3 is 2.53 bits per heavy atom. The lowest BCUT2D eigenvalue weighted by Crippen LogP contribution is -2.24. The number of rotatable bonds is 4. The maximum Gasteiger partial charge on any atom is 0.344 e. The van der Waals surface area contributed by atoms with Gasteiger partial charge in [-0.05, 0) is 19.1 Å². The molecule has 0 aliphatic rings. The maximum absolute atomic E-state index is 11.0. The smallest absolute Gasteiger partial charge is 0.344 e. The first-order chi connectivity index (χ1) is 7.02. The largest absolute Gasteiger partial charge is 0.479 e. The first kappa shape index (κ1) is 11.0. The predicted molar refractivity (Wildman–Crippen MR) is 52.7 cm³/mol. The summed E-state index contributed by atoms with van der Waals surface area (Å²) in [4.78, 5) is 21.5. The Labute approximate surface area is 86.5 Å². The van der Waals surface area contributed by atoms with Gasteiger partial charge < -0.3 is 15.6 Å². The molecule has 1 aromatic carbocycles. The van der Waals surface area contributed by atoms with Gasteiger partial charge in [0.2, 0.25) is 0 Å². The van der Waals surface area contributed by atoms with Crippen LogP contribution in [0.1, 0.15) is 17.3 Å². The van der Waals surface area contributed by atoms with Crippen molar-refractivity contribution < 1.29 is 19.4 Å². The average Bonchev–Trinajstić information content (AvgIpc) is 2.18.